The topological polar surface area (TPSA) is 48.8 Å². The molecule has 2 aliphatic rings. The van der Waals surface area contributed by atoms with Gasteiger partial charge in [-0.3, -0.25) is 9.69 Å². The third kappa shape index (κ3) is 3.25. The van der Waals surface area contributed by atoms with Gasteiger partial charge in [0.25, 0.3) is 5.91 Å². The maximum atomic E-state index is 13.3. The molecule has 2 aromatic carbocycles. The van der Waals surface area contributed by atoms with E-state index in [0.717, 1.165) is 36.5 Å². The summed E-state index contributed by atoms with van der Waals surface area (Å²) in [7, 11) is 2.00. The number of aryl methyl sites for hydroxylation is 1. The van der Waals surface area contributed by atoms with E-state index >= 15 is 0 Å². The minimum Gasteiger partial charge on any atom is -0.337 e. The molecule has 30 heavy (non-hydrogen) atoms. The number of anilines is 1. The lowest BCUT2D eigenvalue weighted by molar-refractivity contribution is -0.121. The summed E-state index contributed by atoms with van der Waals surface area (Å²) in [5.41, 5.74) is 2.84. The van der Waals surface area contributed by atoms with Crippen molar-refractivity contribution in [2.75, 3.05) is 18.5 Å². The smallest absolute Gasteiger partial charge is 0.269 e. The molecule has 3 aromatic rings. The Kier molecular flexibility index (Phi) is 4.92. The quantitative estimate of drug-likeness (QED) is 0.375. The van der Waals surface area contributed by atoms with Gasteiger partial charge in [-0.15, -0.1) is 17.9 Å². The predicted octanol–water partition coefficient (Wildman–Crippen LogP) is 5.76. The predicted molar refractivity (Wildman–Crippen MR) is 129 cm³/mol. The zero-order chi connectivity index (χ0) is 20.8. The van der Waals surface area contributed by atoms with Crippen LogP contribution >= 0.6 is 34.9 Å². The average molecular weight is 451 g/mol. The van der Waals surface area contributed by atoms with E-state index in [-0.39, 0.29) is 5.91 Å². The molecular formula is C22H18N4OS3. The molecule has 0 N–H and O–H groups in total. The molecule has 3 heterocycles. The van der Waals surface area contributed by atoms with Crippen LogP contribution in [0.3, 0.4) is 0 Å². The van der Waals surface area contributed by atoms with Crippen molar-refractivity contribution >= 4 is 67.5 Å². The Balaban J connectivity index is 1.55. The molecule has 1 amide bonds. The Hall–Kier alpha value is -2.55. The first-order valence-corrected chi connectivity index (χ1v) is 11.8. The molecule has 5 nitrogen and oxygen atoms in total. The normalized spacial score (nSPS) is 19.9. The van der Waals surface area contributed by atoms with Gasteiger partial charge in [-0.2, -0.15) is 0 Å². The summed E-state index contributed by atoms with van der Waals surface area (Å²) in [6.07, 6.45) is 1.73. The lowest BCUT2D eigenvalue weighted by Crippen LogP contribution is -2.29. The van der Waals surface area contributed by atoms with Crippen LogP contribution in [-0.4, -0.2) is 34.6 Å². The fourth-order valence-corrected chi connectivity index (χ4v) is 6.58. The van der Waals surface area contributed by atoms with Gasteiger partial charge in [0.1, 0.15) is 4.91 Å². The van der Waals surface area contributed by atoms with Crippen LogP contribution in [0.25, 0.3) is 10.2 Å². The number of benzene rings is 2. The lowest BCUT2D eigenvalue weighted by atomic mass is 10.3. The Morgan fingerprint density at radius 1 is 1.20 bits per heavy atom. The van der Waals surface area contributed by atoms with E-state index in [0.29, 0.717) is 16.6 Å². The van der Waals surface area contributed by atoms with Crippen molar-refractivity contribution in [2.24, 2.45) is 4.99 Å². The van der Waals surface area contributed by atoms with Crippen molar-refractivity contribution in [2.45, 2.75) is 11.8 Å². The van der Waals surface area contributed by atoms with Crippen LogP contribution in [0.15, 0.2) is 74.9 Å². The minimum absolute atomic E-state index is 0.0358. The number of amides is 1. The van der Waals surface area contributed by atoms with Gasteiger partial charge in [0.15, 0.2) is 5.17 Å². The minimum atomic E-state index is -0.0358. The average Bonchev–Trinajstić information content (AvgIpc) is 3.36. The molecule has 0 bridgehead atoms. The third-order valence-corrected chi connectivity index (χ3v) is 8.19. The number of aromatic nitrogens is 1. The van der Waals surface area contributed by atoms with Crippen molar-refractivity contribution in [3.05, 3.63) is 70.1 Å². The van der Waals surface area contributed by atoms with Crippen LogP contribution in [0.4, 0.5) is 11.4 Å². The van der Waals surface area contributed by atoms with Crippen molar-refractivity contribution in [1.29, 1.82) is 0 Å². The summed E-state index contributed by atoms with van der Waals surface area (Å²) < 4.78 is 1.14. The summed E-state index contributed by atoms with van der Waals surface area (Å²) in [6, 6.07) is 14.2. The molecule has 0 atom stereocenters. The molecule has 1 aromatic heterocycles. The highest BCUT2D eigenvalue weighted by Gasteiger charge is 2.38. The number of nitrogens with zero attached hydrogens (tertiary/aromatic N) is 4. The van der Waals surface area contributed by atoms with Crippen LogP contribution < -0.4 is 4.90 Å². The van der Waals surface area contributed by atoms with Crippen molar-refractivity contribution in [1.82, 2.24) is 9.88 Å². The molecule has 0 aliphatic carbocycles. The maximum Gasteiger partial charge on any atom is 0.269 e. The largest absolute Gasteiger partial charge is 0.337 e. The fourth-order valence-electron chi connectivity index (χ4n) is 3.42. The van der Waals surface area contributed by atoms with Gasteiger partial charge in [0, 0.05) is 18.5 Å². The van der Waals surface area contributed by atoms with Gasteiger partial charge in [0.2, 0.25) is 0 Å². The number of fused-ring (bicyclic) bond motifs is 2. The summed E-state index contributed by atoms with van der Waals surface area (Å²) in [4.78, 5) is 28.2. The number of rotatable bonds is 3. The van der Waals surface area contributed by atoms with Crippen molar-refractivity contribution in [3.8, 4) is 0 Å². The Morgan fingerprint density at radius 2 is 2.03 bits per heavy atom. The monoisotopic (exact) mass is 450 g/mol. The van der Waals surface area contributed by atoms with Crippen molar-refractivity contribution in [3.63, 3.8) is 0 Å². The van der Waals surface area contributed by atoms with E-state index in [1.807, 2.05) is 44.3 Å². The van der Waals surface area contributed by atoms with E-state index in [1.54, 1.807) is 34.1 Å². The fraction of sp³-hybridized carbons (Fsp3) is 0.136. The first kappa shape index (κ1) is 19.4. The van der Waals surface area contributed by atoms with Crippen LogP contribution in [0, 0.1) is 6.92 Å². The van der Waals surface area contributed by atoms with Crippen LogP contribution in [0.1, 0.15) is 5.01 Å². The number of carbonyl (C=O) groups excluding carboxylic acids is 1. The summed E-state index contributed by atoms with van der Waals surface area (Å²) in [5.74, 6) is -0.0358. The first-order chi connectivity index (χ1) is 14.5. The second-order valence-electron chi connectivity index (χ2n) is 6.85. The van der Waals surface area contributed by atoms with E-state index in [2.05, 4.69) is 28.6 Å². The number of carbonyl (C=O) groups is 1. The number of aliphatic imine (C=N–C) groups is 1. The molecular weight excluding hydrogens is 432 g/mol. The maximum absolute atomic E-state index is 13.3. The molecule has 0 unspecified atom stereocenters. The highest BCUT2D eigenvalue weighted by Crippen LogP contribution is 2.50. The van der Waals surface area contributed by atoms with Crippen molar-refractivity contribution < 1.29 is 4.79 Å². The van der Waals surface area contributed by atoms with Gasteiger partial charge in [0.05, 0.1) is 31.6 Å². The lowest BCUT2D eigenvalue weighted by Gasteiger charge is -2.15. The van der Waals surface area contributed by atoms with Crippen LogP contribution in [-0.2, 0) is 4.79 Å². The summed E-state index contributed by atoms with van der Waals surface area (Å²) >= 11 is 4.71. The second-order valence-corrected chi connectivity index (χ2v) is 10.1. The van der Waals surface area contributed by atoms with Crippen LogP contribution in [0.2, 0.25) is 0 Å². The SMILES string of the molecule is C=CCN1C(=O)/C(=C2/Sc3ccccc3N2C)SC1=Nc1ccc2sc(C)nc2c1. The summed E-state index contributed by atoms with van der Waals surface area (Å²) in [6.45, 7) is 6.23. The van der Waals surface area contributed by atoms with E-state index in [1.165, 1.54) is 11.8 Å². The molecule has 0 saturated carbocycles. The van der Waals surface area contributed by atoms with E-state index < -0.39 is 0 Å². The molecule has 150 valence electrons. The standard InChI is InChI=1S/C22H18N4OS3/c1-4-11-26-20(27)19(21-25(3)16-7-5-6-8-18(16)29-21)30-22(26)24-14-9-10-17-15(12-14)23-13(2)28-17/h4-10,12H,1,11H2,2-3H3/b21-19-,24-22?. The van der Waals surface area contributed by atoms with Crippen LogP contribution in [0.5, 0.6) is 0 Å². The van der Waals surface area contributed by atoms with E-state index in [4.69, 9.17) is 4.99 Å². The first-order valence-electron chi connectivity index (χ1n) is 9.36. The number of thiazole rings is 1. The Labute approximate surface area is 187 Å². The zero-order valence-electron chi connectivity index (χ0n) is 16.5. The van der Waals surface area contributed by atoms with E-state index in [9.17, 15) is 4.79 Å². The number of amidine groups is 1. The Bertz CT molecular complexity index is 1260. The second kappa shape index (κ2) is 7.61. The van der Waals surface area contributed by atoms with Gasteiger partial charge in [-0.1, -0.05) is 30.0 Å². The number of hydrogen-bond acceptors (Lipinski definition) is 7. The number of hydrogen-bond donors (Lipinski definition) is 0. The van der Waals surface area contributed by atoms with Gasteiger partial charge < -0.3 is 4.90 Å². The molecule has 0 radical (unpaired) electrons. The van der Waals surface area contributed by atoms with Gasteiger partial charge in [-0.25, -0.2) is 9.98 Å². The number of para-hydroxylation sites is 1. The molecule has 0 spiro atoms. The highest BCUT2D eigenvalue weighted by atomic mass is 32.2. The summed E-state index contributed by atoms with van der Waals surface area (Å²) in [5, 5.41) is 2.64. The molecule has 8 heteroatoms. The van der Waals surface area contributed by atoms with Gasteiger partial charge >= 0.3 is 0 Å². The van der Waals surface area contributed by atoms with Gasteiger partial charge in [-0.05, 0) is 49.0 Å². The number of thioether (sulfide) groups is 2. The third-order valence-electron chi connectivity index (χ3n) is 4.81. The molecule has 2 aliphatic heterocycles. The Morgan fingerprint density at radius 3 is 2.83 bits per heavy atom. The highest BCUT2D eigenvalue weighted by molar-refractivity contribution is 8.19. The zero-order valence-corrected chi connectivity index (χ0v) is 18.9. The molecule has 1 fully saturated rings. The molecule has 5 rings (SSSR count). The molecule has 1 saturated heterocycles.